The van der Waals surface area contributed by atoms with Crippen molar-refractivity contribution in [2.24, 2.45) is 0 Å². The lowest BCUT2D eigenvalue weighted by Crippen LogP contribution is -2.25. The van der Waals surface area contributed by atoms with Gasteiger partial charge < -0.3 is 10.6 Å². The first-order valence-corrected chi connectivity index (χ1v) is 7.40. The first-order valence-electron chi connectivity index (χ1n) is 7.40. The highest BCUT2D eigenvalue weighted by Gasteiger charge is 2.20. The average Bonchev–Trinajstić information content (AvgIpc) is 2.48. The van der Waals surface area contributed by atoms with Gasteiger partial charge in [-0.15, -0.1) is 0 Å². The number of benzene rings is 1. The predicted octanol–water partition coefficient (Wildman–Crippen LogP) is 3.34. The van der Waals surface area contributed by atoms with E-state index in [1.54, 1.807) is 12.1 Å². The van der Waals surface area contributed by atoms with Crippen LogP contribution in [0.4, 0.5) is 11.4 Å². The summed E-state index contributed by atoms with van der Waals surface area (Å²) in [5, 5.41) is 16.9. The minimum atomic E-state index is -0.523. The molecule has 0 aliphatic heterocycles. The molecule has 0 fully saturated rings. The van der Waals surface area contributed by atoms with E-state index in [4.69, 9.17) is 0 Å². The lowest BCUT2D eigenvalue weighted by molar-refractivity contribution is -0.385. The molecule has 0 aliphatic rings. The molecule has 116 valence electrons. The van der Waals surface area contributed by atoms with Gasteiger partial charge >= 0.3 is 0 Å². The molecule has 0 saturated heterocycles. The van der Waals surface area contributed by atoms with Crippen molar-refractivity contribution >= 4 is 17.3 Å². The quantitative estimate of drug-likeness (QED) is 0.415. The van der Waals surface area contributed by atoms with E-state index in [0.717, 1.165) is 37.9 Å². The van der Waals surface area contributed by atoms with Gasteiger partial charge in [0.2, 0.25) is 0 Å². The molecule has 0 heterocycles. The zero-order valence-electron chi connectivity index (χ0n) is 12.6. The summed E-state index contributed by atoms with van der Waals surface area (Å²) in [6.45, 7) is 5.40. The zero-order chi connectivity index (χ0) is 15.7. The Balaban J connectivity index is 2.84. The van der Waals surface area contributed by atoms with Gasteiger partial charge in [0.1, 0.15) is 5.56 Å². The molecule has 21 heavy (non-hydrogen) atoms. The van der Waals surface area contributed by atoms with Crippen LogP contribution >= 0.6 is 0 Å². The predicted molar refractivity (Wildman–Crippen MR) is 83.7 cm³/mol. The summed E-state index contributed by atoms with van der Waals surface area (Å²) in [5.41, 5.74) is 0.670. The number of hydrogen-bond donors (Lipinski definition) is 2. The number of carbonyl (C=O) groups is 1. The van der Waals surface area contributed by atoms with Crippen molar-refractivity contribution in [2.45, 2.75) is 39.5 Å². The number of unbranched alkanes of at least 4 members (excludes halogenated alkanes) is 2. The van der Waals surface area contributed by atoms with Gasteiger partial charge in [-0.1, -0.05) is 26.7 Å². The Hall–Kier alpha value is -2.11. The van der Waals surface area contributed by atoms with Gasteiger partial charge in [0.15, 0.2) is 0 Å². The van der Waals surface area contributed by atoms with Crippen LogP contribution in [-0.2, 0) is 0 Å². The van der Waals surface area contributed by atoms with Crippen molar-refractivity contribution < 1.29 is 9.72 Å². The molecule has 2 N–H and O–H groups in total. The number of nitrogens with one attached hydrogen (secondary N) is 2. The van der Waals surface area contributed by atoms with Crippen molar-refractivity contribution in [2.75, 3.05) is 18.4 Å². The number of carbonyl (C=O) groups excluding carboxylic acids is 1. The minimum Gasteiger partial charge on any atom is -0.385 e. The third-order valence-electron chi connectivity index (χ3n) is 3.08. The molecule has 0 atom stereocenters. The van der Waals surface area contributed by atoms with Crippen LogP contribution in [-0.4, -0.2) is 23.9 Å². The highest BCUT2D eigenvalue weighted by atomic mass is 16.6. The van der Waals surface area contributed by atoms with Crippen molar-refractivity contribution in [3.05, 3.63) is 33.9 Å². The van der Waals surface area contributed by atoms with Gasteiger partial charge in [0.25, 0.3) is 11.6 Å². The topological polar surface area (TPSA) is 84.3 Å². The number of anilines is 1. The Morgan fingerprint density at radius 2 is 1.95 bits per heavy atom. The summed E-state index contributed by atoms with van der Waals surface area (Å²) in [4.78, 5) is 22.6. The van der Waals surface area contributed by atoms with Crippen LogP contribution in [0.25, 0.3) is 0 Å². The summed E-state index contributed by atoms with van der Waals surface area (Å²) in [6.07, 6.45) is 3.91. The van der Waals surface area contributed by atoms with E-state index in [9.17, 15) is 14.9 Å². The first-order chi connectivity index (χ1) is 10.1. The van der Waals surface area contributed by atoms with E-state index < -0.39 is 10.8 Å². The van der Waals surface area contributed by atoms with Crippen LogP contribution in [0.5, 0.6) is 0 Å². The Morgan fingerprint density at radius 1 is 1.19 bits per heavy atom. The maximum Gasteiger partial charge on any atom is 0.282 e. The van der Waals surface area contributed by atoms with Crippen molar-refractivity contribution in [1.29, 1.82) is 0 Å². The maximum absolute atomic E-state index is 12.1. The van der Waals surface area contributed by atoms with Crippen molar-refractivity contribution in [1.82, 2.24) is 5.32 Å². The summed E-state index contributed by atoms with van der Waals surface area (Å²) in [5.74, 6) is -0.391. The van der Waals surface area contributed by atoms with Crippen LogP contribution in [0, 0.1) is 10.1 Å². The number of rotatable bonds is 9. The summed E-state index contributed by atoms with van der Waals surface area (Å²) in [7, 11) is 0. The second kappa shape index (κ2) is 8.94. The van der Waals surface area contributed by atoms with Gasteiger partial charge in [0, 0.05) is 24.8 Å². The zero-order valence-corrected chi connectivity index (χ0v) is 12.6. The monoisotopic (exact) mass is 293 g/mol. The van der Waals surface area contributed by atoms with Crippen LogP contribution < -0.4 is 10.6 Å². The third-order valence-corrected chi connectivity index (χ3v) is 3.08. The van der Waals surface area contributed by atoms with Crippen molar-refractivity contribution in [3.63, 3.8) is 0 Å². The number of nitrogens with zero attached hydrogens (tertiary/aromatic N) is 1. The molecule has 6 nitrogen and oxygen atoms in total. The molecular weight excluding hydrogens is 270 g/mol. The fourth-order valence-electron chi connectivity index (χ4n) is 1.93. The largest absolute Gasteiger partial charge is 0.385 e. The number of hydrogen-bond acceptors (Lipinski definition) is 4. The molecule has 0 aliphatic carbocycles. The summed E-state index contributed by atoms with van der Waals surface area (Å²) < 4.78 is 0. The molecule has 1 amide bonds. The highest BCUT2D eigenvalue weighted by Crippen LogP contribution is 2.22. The first kappa shape index (κ1) is 16.9. The average molecular weight is 293 g/mol. The van der Waals surface area contributed by atoms with Gasteiger partial charge in [-0.3, -0.25) is 14.9 Å². The summed E-state index contributed by atoms with van der Waals surface area (Å²) >= 11 is 0. The molecule has 0 unspecified atom stereocenters. The molecule has 1 rings (SSSR count). The van der Waals surface area contributed by atoms with Gasteiger partial charge in [-0.2, -0.15) is 0 Å². The molecule has 1 aromatic rings. The SMILES string of the molecule is CCCCCNC(=O)c1cc(NCCC)ccc1[N+](=O)[O-]. The van der Waals surface area contributed by atoms with Gasteiger partial charge in [-0.05, 0) is 25.0 Å². The highest BCUT2D eigenvalue weighted by molar-refractivity contribution is 5.99. The van der Waals surface area contributed by atoms with E-state index in [1.165, 1.54) is 6.07 Å². The smallest absolute Gasteiger partial charge is 0.282 e. The lowest BCUT2D eigenvalue weighted by atomic mass is 10.1. The number of amides is 1. The van der Waals surface area contributed by atoms with Crippen molar-refractivity contribution in [3.8, 4) is 0 Å². The lowest BCUT2D eigenvalue weighted by Gasteiger charge is -2.09. The molecule has 1 aromatic carbocycles. The van der Waals surface area contributed by atoms with Crippen LogP contribution in [0.15, 0.2) is 18.2 Å². The number of nitro groups is 1. The Bertz CT molecular complexity index is 489. The van der Waals surface area contributed by atoms with E-state index in [-0.39, 0.29) is 11.3 Å². The van der Waals surface area contributed by atoms with Gasteiger partial charge in [0.05, 0.1) is 4.92 Å². The van der Waals surface area contributed by atoms with E-state index in [1.807, 2.05) is 6.92 Å². The van der Waals surface area contributed by atoms with Gasteiger partial charge in [-0.25, -0.2) is 0 Å². The van der Waals surface area contributed by atoms with Crippen LogP contribution in [0.2, 0.25) is 0 Å². The molecule has 0 radical (unpaired) electrons. The van der Waals surface area contributed by atoms with Crippen LogP contribution in [0.1, 0.15) is 49.9 Å². The summed E-state index contributed by atoms with van der Waals surface area (Å²) in [6, 6.07) is 4.55. The van der Waals surface area contributed by atoms with Crippen LogP contribution in [0.3, 0.4) is 0 Å². The Kier molecular flexibility index (Phi) is 7.21. The Labute approximate surface area is 125 Å². The van der Waals surface area contributed by atoms with E-state index in [2.05, 4.69) is 17.6 Å². The van der Waals surface area contributed by atoms with E-state index in [0.29, 0.717) is 6.54 Å². The molecule has 6 heteroatoms. The minimum absolute atomic E-state index is 0.109. The Morgan fingerprint density at radius 3 is 2.57 bits per heavy atom. The maximum atomic E-state index is 12.1. The fraction of sp³-hybridized carbons (Fsp3) is 0.533. The second-order valence-corrected chi connectivity index (χ2v) is 4.88. The van der Waals surface area contributed by atoms with E-state index >= 15 is 0 Å². The standard InChI is InChI=1S/C15H23N3O3/c1-3-5-6-10-17-15(19)13-11-12(16-9-4-2)7-8-14(13)18(20)21/h7-8,11,16H,3-6,9-10H2,1-2H3,(H,17,19). The molecule has 0 saturated carbocycles. The second-order valence-electron chi connectivity index (χ2n) is 4.88. The molecule has 0 aromatic heterocycles. The molecular formula is C15H23N3O3. The number of nitro benzene ring substituents is 1. The third kappa shape index (κ3) is 5.41. The molecule has 0 bridgehead atoms. The normalized spacial score (nSPS) is 10.2. The molecule has 0 spiro atoms. The fourth-order valence-corrected chi connectivity index (χ4v) is 1.93.